The minimum Gasteiger partial charge on any atom is -0.494 e. The average molecular weight is 784 g/mol. The summed E-state index contributed by atoms with van der Waals surface area (Å²) in [7, 11) is 1.39. The van der Waals surface area contributed by atoms with Crippen molar-refractivity contribution in [3.8, 4) is 16.9 Å². The molecule has 2 aliphatic heterocycles. The van der Waals surface area contributed by atoms with Gasteiger partial charge in [0.1, 0.15) is 30.1 Å². The van der Waals surface area contributed by atoms with Gasteiger partial charge in [-0.2, -0.15) is 0 Å². The minimum atomic E-state index is -0.472. The van der Waals surface area contributed by atoms with Crippen molar-refractivity contribution in [1.82, 2.24) is 10.3 Å². The average Bonchev–Trinajstić information content (AvgIpc) is 3.19. The van der Waals surface area contributed by atoms with Gasteiger partial charge < -0.3 is 38.9 Å². The van der Waals surface area contributed by atoms with Crippen molar-refractivity contribution in [3.05, 3.63) is 105 Å². The van der Waals surface area contributed by atoms with Gasteiger partial charge in [-0.3, -0.25) is 14.4 Å². The van der Waals surface area contributed by atoms with Gasteiger partial charge in [0.15, 0.2) is 0 Å². The number of pyridine rings is 1. The summed E-state index contributed by atoms with van der Waals surface area (Å²) in [5, 5.41) is 3.03. The summed E-state index contributed by atoms with van der Waals surface area (Å²) in [6.45, 7) is 19.7. The second-order valence-electron chi connectivity index (χ2n) is 15.4. The van der Waals surface area contributed by atoms with Crippen LogP contribution in [0.15, 0.2) is 71.2 Å². The Balaban J connectivity index is 1.21. The molecule has 1 saturated heterocycles. The molecule has 3 heterocycles. The summed E-state index contributed by atoms with van der Waals surface area (Å²) in [6, 6.07) is 14.4. The number of hydrogen-bond acceptors (Lipinski definition) is 9. The van der Waals surface area contributed by atoms with Crippen molar-refractivity contribution in [2.75, 3.05) is 51.6 Å². The van der Waals surface area contributed by atoms with Gasteiger partial charge in [0.2, 0.25) is 0 Å². The van der Waals surface area contributed by atoms with Crippen LogP contribution in [0.2, 0.25) is 0 Å². The Hall–Kier alpha value is -4.87. The van der Waals surface area contributed by atoms with Crippen molar-refractivity contribution < 1.29 is 33.3 Å². The molecule has 0 spiro atoms. The maximum absolute atomic E-state index is 13.9. The SMILES string of the molecule is C=C1COC(C(C(=O)OC)C(C)C)=CC1OCCCCCOc1ccc(-c2cc(C(=O)NCc3c(C)cc(C)[nH]c3=O)c(C)c(N(CC)C3CCOCC3)c2)cc1. The number of amides is 1. The van der Waals surface area contributed by atoms with Crippen molar-refractivity contribution in [2.24, 2.45) is 11.8 Å². The highest BCUT2D eigenvalue weighted by Crippen LogP contribution is 2.35. The lowest BCUT2D eigenvalue weighted by molar-refractivity contribution is -0.147. The molecule has 0 radical (unpaired) electrons. The lowest BCUT2D eigenvalue weighted by Gasteiger charge is -2.37. The first-order valence-corrected chi connectivity index (χ1v) is 20.3. The Labute approximate surface area is 337 Å². The van der Waals surface area contributed by atoms with E-state index in [2.05, 4.69) is 34.8 Å². The molecule has 2 aromatic carbocycles. The number of nitrogens with zero attached hydrogens (tertiary/aromatic N) is 1. The Morgan fingerprint density at radius 1 is 1.00 bits per heavy atom. The van der Waals surface area contributed by atoms with Crippen LogP contribution in [-0.2, 0) is 30.3 Å². The number of rotatable bonds is 18. The Kier molecular flexibility index (Phi) is 15.6. The molecule has 2 N–H and O–H groups in total. The molecule has 11 heteroatoms. The minimum absolute atomic E-state index is 0.0294. The molecular formula is C46H61N3O8. The van der Waals surface area contributed by atoms with Gasteiger partial charge in [-0.15, -0.1) is 0 Å². The highest BCUT2D eigenvalue weighted by Gasteiger charge is 2.33. The van der Waals surface area contributed by atoms with E-state index in [4.69, 9.17) is 23.7 Å². The monoisotopic (exact) mass is 783 g/mol. The van der Waals surface area contributed by atoms with Crippen LogP contribution in [0.25, 0.3) is 11.1 Å². The Morgan fingerprint density at radius 3 is 2.39 bits per heavy atom. The van der Waals surface area contributed by atoms with Crippen molar-refractivity contribution >= 4 is 17.6 Å². The van der Waals surface area contributed by atoms with Gasteiger partial charge >= 0.3 is 5.97 Å². The second kappa shape index (κ2) is 20.5. The molecule has 0 aliphatic carbocycles. The largest absolute Gasteiger partial charge is 0.494 e. The summed E-state index contributed by atoms with van der Waals surface area (Å²) in [5.41, 5.74) is 7.24. The zero-order chi connectivity index (χ0) is 41.1. The predicted octanol–water partition coefficient (Wildman–Crippen LogP) is 7.75. The van der Waals surface area contributed by atoms with Gasteiger partial charge in [-0.05, 0) is 130 Å². The number of anilines is 1. The van der Waals surface area contributed by atoms with Crippen LogP contribution in [0, 0.1) is 32.6 Å². The van der Waals surface area contributed by atoms with Crippen molar-refractivity contribution in [3.63, 3.8) is 0 Å². The first kappa shape index (κ1) is 43.3. The fourth-order valence-electron chi connectivity index (χ4n) is 7.69. The molecule has 57 heavy (non-hydrogen) atoms. The molecule has 2 unspecified atom stereocenters. The number of aryl methyl sites for hydroxylation is 2. The van der Waals surface area contributed by atoms with Crippen LogP contribution < -0.4 is 20.5 Å². The first-order valence-electron chi connectivity index (χ1n) is 20.3. The smallest absolute Gasteiger partial charge is 0.316 e. The highest BCUT2D eigenvalue weighted by molar-refractivity contribution is 5.99. The number of unbranched alkanes of at least 4 members (excludes halogenated alkanes) is 2. The third-order valence-electron chi connectivity index (χ3n) is 10.9. The van der Waals surface area contributed by atoms with Gasteiger partial charge in [-0.25, -0.2) is 0 Å². The van der Waals surface area contributed by atoms with Crippen LogP contribution in [0.4, 0.5) is 5.69 Å². The molecule has 1 aromatic heterocycles. The number of methoxy groups -OCH3 is 1. The summed E-state index contributed by atoms with van der Waals surface area (Å²) >= 11 is 0. The number of ether oxygens (including phenoxy) is 5. The molecule has 0 saturated carbocycles. The van der Waals surface area contributed by atoms with Gasteiger partial charge in [-0.1, -0.05) is 32.6 Å². The number of esters is 1. The third kappa shape index (κ3) is 11.2. The van der Waals surface area contributed by atoms with E-state index in [0.717, 1.165) is 96.8 Å². The summed E-state index contributed by atoms with van der Waals surface area (Å²) in [5.74, 6) is 0.383. The van der Waals surface area contributed by atoms with Gasteiger partial charge in [0, 0.05) is 61.5 Å². The second-order valence-corrected chi connectivity index (χ2v) is 15.4. The molecule has 3 aromatic rings. The van der Waals surface area contributed by atoms with Crippen molar-refractivity contribution in [2.45, 2.75) is 92.3 Å². The van der Waals surface area contributed by atoms with Gasteiger partial charge in [0.25, 0.3) is 11.5 Å². The normalized spacial score (nSPS) is 16.5. The van der Waals surface area contributed by atoms with E-state index >= 15 is 0 Å². The third-order valence-corrected chi connectivity index (χ3v) is 10.9. The maximum Gasteiger partial charge on any atom is 0.316 e. The fourth-order valence-corrected chi connectivity index (χ4v) is 7.69. The Morgan fingerprint density at radius 2 is 1.72 bits per heavy atom. The van der Waals surface area contributed by atoms with Crippen LogP contribution in [-0.4, -0.2) is 75.7 Å². The number of aromatic amines is 1. The summed E-state index contributed by atoms with van der Waals surface area (Å²) in [6.07, 6.45) is 6.06. The topological polar surface area (TPSA) is 128 Å². The molecule has 2 atom stereocenters. The summed E-state index contributed by atoms with van der Waals surface area (Å²) < 4.78 is 28.7. The van der Waals surface area contributed by atoms with E-state index in [1.165, 1.54) is 7.11 Å². The first-order chi connectivity index (χ1) is 27.4. The van der Waals surface area contributed by atoms with Crippen LogP contribution in [0.1, 0.15) is 85.6 Å². The number of benzene rings is 2. The van der Waals surface area contributed by atoms with E-state index in [1.807, 2.05) is 77.1 Å². The molecule has 1 amide bonds. The Bertz CT molecular complexity index is 1940. The quantitative estimate of drug-likeness (QED) is 0.0756. The number of nitrogens with one attached hydrogen (secondary N) is 2. The zero-order valence-corrected chi connectivity index (χ0v) is 34.8. The van der Waals surface area contributed by atoms with E-state index in [-0.39, 0.29) is 36.0 Å². The molecule has 5 rings (SSSR count). The molecule has 2 aliphatic rings. The lowest BCUT2D eigenvalue weighted by atomic mass is 9.91. The van der Waals surface area contributed by atoms with E-state index in [0.29, 0.717) is 42.7 Å². The number of H-pyrrole nitrogens is 1. The predicted molar refractivity (Wildman–Crippen MR) is 224 cm³/mol. The fraction of sp³-hybridized carbons (Fsp3) is 0.500. The zero-order valence-electron chi connectivity index (χ0n) is 34.8. The molecule has 11 nitrogen and oxygen atoms in total. The van der Waals surface area contributed by atoms with Gasteiger partial charge in [0.05, 0.1) is 13.7 Å². The molecule has 1 fully saturated rings. The lowest BCUT2D eigenvalue weighted by Crippen LogP contribution is -2.40. The van der Waals surface area contributed by atoms with Crippen LogP contribution in [0.5, 0.6) is 5.75 Å². The molecule has 308 valence electrons. The highest BCUT2D eigenvalue weighted by atomic mass is 16.5. The number of hydrogen-bond donors (Lipinski definition) is 2. The standard InChI is InChI=1S/C46H61N3O8/c1-9-49(36-17-21-54-22-18-36)40-25-35(24-38(33(40)7)44(50)47-27-39-30(4)23-32(6)48-45(39)51)34-13-15-37(16-14-34)55-19-11-10-12-20-56-41-26-42(57-28-31(41)5)43(29(2)3)46(52)53-8/h13-16,23-26,29,36,41,43H,5,9-12,17-22,27-28H2,1-4,6-8H3,(H,47,50)(H,48,51). The van der Waals surface area contributed by atoms with E-state index < -0.39 is 5.92 Å². The van der Waals surface area contributed by atoms with Crippen LogP contribution in [0.3, 0.4) is 0 Å². The van der Waals surface area contributed by atoms with Crippen molar-refractivity contribution in [1.29, 1.82) is 0 Å². The van der Waals surface area contributed by atoms with E-state index in [9.17, 15) is 14.4 Å². The summed E-state index contributed by atoms with van der Waals surface area (Å²) in [4.78, 5) is 44.2. The molecular weight excluding hydrogens is 723 g/mol. The molecule has 0 bridgehead atoms. The van der Waals surface area contributed by atoms with Crippen LogP contribution >= 0.6 is 0 Å². The number of carbonyl (C=O) groups excluding carboxylic acids is 2. The van der Waals surface area contributed by atoms with E-state index in [1.54, 1.807) is 0 Å². The maximum atomic E-state index is 13.9. The number of aromatic nitrogens is 1. The number of carbonyl (C=O) groups is 2.